The Hall–Kier alpha value is -3.42. The van der Waals surface area contributed by atoms with Crippen molar-refractivity contribution in [3.63, 3.8) is 0 Å². The average Bonchev–Trinajstić information content (AvgIpc) is 3.07. The number of benzene rings is 2. The van der Waals surface area contributed by atoms with Gasteiger partial charge in [-0.3, -0.25) is 4.68 Å². The van der Waals surface area contributed by atoms with E-state index < -0.39 is 17.8 Å². The molecule has 0 unspecified atom stereocenters. The van der Waals surface area contributed by atoms with E-state index in [0.29, 0.717) is 22.4 Å². The van der Waals surface area contributed by atoms with Crippen LogP contribution in [0.4, 0.5) is 24.7 Å². The normalized spacial score (nSPS) is 11.3. The quantitative estimate of drug-likeness (QED) is 0.527. The highest BCUT2D eigenvalue weighted by atomic mass is 19.3. The van der Waals surface area contributed by atoms with E-state index in [4.69, 9.17) is 0 Å². The molecule has 0 aliphatic heterocycles. The van der Waals surface area contributed by atoms with E-state index in [1.54, 1.807) is 10.9 Å². The number of aromatic nitrogens is 4. The topological polar surface area (TPSA) is 55.6 Å². The fourth-order valence-corrected chi connectivity index (χ4v) is 2.87. The van der Waals surface area contributed by atoms with Crippen molar-refractivity contribution in [3.05, 3.63) is 77.5 Å². The maximum atomic E-state index is 13.8. The van der Waals surface area contributed by atoms with Gasteiger partial charge in [0, 0.05) is 11.9 Å². The molecule has 0 aliphatic rings. The van der Waals surface area contributed by atoms with Gasteiger partial charge in [-0.2, -0.15) is 5.10 Å². The molecular weight excluding hydrogens is 367 g/mol. The Kier molecular flexibility index (Phi) is 4.68. The van der Waals surface area contributed by atoms with Crippen molar-refractivity contribution in [1.29, 1.82) is 0 Å². The van der Waals surface area contributed by atoms with Gasteiger partial charge in [0.25, 0.3) is 6.43 Å². The second-order valence-corrected chi connectivity index (χ2v) is 6.43. The zero-order valence-electron chi connectivity index (χ0n) is 14.9. The zero-order valence-corrected chi connectivity index (χ0v) is 14.9. The molecule has 0 bridgehead atoms. The summed E-state index contributed by atoms with van der Waals surface area (Å²) in [5.74, 6) is -0.329. The van der Waals surface area contributed by atoms with Crippen molar-refractivity contribution >= 4 is 22.5 Å². The summed E-state index contributed by atoms with van der Waals surface area (Å²) in [6.07, 6.45) is 0.310. The van der Waals surface area contributed by atoms with Crippen LogP contribution < -0.4 is 5.32 Å². The molecule has 4 rings (SSSR count). The van der Waals surface area contributed by atoms with Crippen LogP contribution in [0.25, 0.3) is 11.0 Å². The molecule has 0 aliphatic carbocycles. The minimum absolute atomic E-state index is 0.223. The van der Waals surface area contributed by atoms with Crippen LogP contribution in [0, 0.1) is 12.7 Å². The molecule has 0 atom stereocenters. The highest BCUT2D eigenvalue weighted by molar-refractivity contribution is 5.87. The largest absolute Gasteiger partial charge is 0.340 e. The molecule has 2 heterocycles. The smallest absolute Gasteiger partial charge is 0.266 e. The molecule has 0 saturated heterocycles. The Morgan fingerprint density at radius 1 is 1.07 bits per heavy atom. The molecule has 142 valence electrons. The van der Waals surface area contributed by atoms with Crippen LogP contribution >= 0.6 is 0 Å². The maximum absolute atomic E-state index is 13.8. The van der Waals surface area contributed by atoms with Crippen LogP contribution in [0.2, 0.25) is 0 Å². The lowest BCUT2D eigenvalue weighted by molar-refractivity contribution is 0.146. The van der Waals surface area contributed by atoms with Crippen molar-refractivity contribution in [2.75, 3.05) is 5.32 Å². The van der Waals surface area contributed by atoms with Crippen molar-refractivity contribution in [2.24, 2.45) is 0 Å². The molecule has 0 radical (unpaired) electrons. The molecule has 28 heavy (non-hydrogen) atoms. The van der Waals surface area contributed by atoms with E-state index in [9.17, 15) is 13.2 Å². The molecule has 8 heteroatoms. The number of nitrogens with one attached hydrogen (secondary N) is 1. The summed E-state index contributed by atoms with van der Waals surface area (Å²) >= 11 is 0. The minimum Gasteiger partial charge on any atom is -0.340 e. The Morgan fingerprint density at radius 3 is 2.57 bits per heavy atom. The number of aryl methyl sites for hydroxylation is 1. The third-order valence-electron chi connectivity index (χ3n) is 4.32. The number of rotatable bonds is 5. The van der Waals surface area contributed by atoms with Crippen LogP contribution in [0.15, 0.2) is 55.0 Å². The van der Waals surface area contributed by atoms with Gasteiger partial charge in [0.2, 0.25) is 0 Å². The van der Waals surface area contributed by atoms with E-state index in [-0.39, 0.29) is 6.54 Å². The third-order valence-corrected chi connectivity index (χ3v) is 4.32. The molecule has 0 amide bonds. The van der Waals surface area contributed by atoms with Gasteiger partial charge < -0.3 is 5.32 Å². The molecule has 1 N–H and O–H groups in total. The van der Waals surface area contributed by atoms with Gasteiger partial charge in [0.05, 0.1) is 17.5 Å². The fraction of sp³-hybridized carbons (Fsp3) is 0.150. The number of anilines is 2. The van der Waals surface area contributed by atoms with E-state index >= 15 is 0 Å². The lowest BCUT2D eigenvalue weighted by Gasteiger charge is -2.06. The Bertz CT molecular complexity index is 1120. The monoisotopic (exact) mass is 383 g/mol. The summed E-state index contributed by atoms with van der Waals surface area (Å²) in [6.45, 7) is 2.23. The zero-order chi connectivity index (χ0) is 19.7. The molecule has 2 aromatic carbocycles. The minimum atomic E-state index is -2.84. The van der Waals surface area contributed by atoms with Crippen molar-refractivity contribution in [3.8, 4) is 0 Å². The predicted octanol–water partition coefficient (Wildman–Crippen LogP) is 5.00. The van der Waals surface area contributed by atoms with Crippen LogP contribution in [-0.2, 0) is 6.54 Å². The van der Waals surface area contributed by atoms with Crippen LogP contribution in [0.1, 0.15) is 23.1 Å². The SMILES string of the molecule is Cc1ccc(Nc2ncnc3nn(Cc4ccc(C(F)F)c(F)c4)cc23)cc1. The van der Waals surface area contributed by atoms with Gasteiger partial charge in [-0.25, -0.2) is 23.1 Å². The van der Waals surface area contributed by atoms with Gasteiger partial charge in [-0.1, -0.05) is 29.8 Å². The lowest BCUT2D eigenvalue weighted by Crippen LogP contribution is -2.02. The predicted molar refractivity (Wildman–Crippen MR) is 100 cm³/mol. The highest BCUT2D eigenvalue weighted by Crippen LogP contribution is 2.25. The number of nitrogens with zero attached hydrogens (tertiary/aromatic N) is 4. The van der Waals surface area contributed by atoms with E-state index in [2.05, 4.69) is 20.4 Å². The number of fused-ring (bicyclic) bond motifs is 1. The molecular formula is C20H16F3N5. The van der Waals surface area contributed by atoms with Gasteiger partial charge in [-0.05, 0) is 30.7 Å². The van der Waals surface area contributed by atoms with Gasteiger partial charge in [0.15, 0.2) is 5.65 Å². The number of hydrogen-bond donors (Lipinski definition) is 1. The van der Waals surface area contributed by atoms with Gasteiger partial charge >= 0.3 is 0 Å². The maximum Gasteiger partial charge on any atom is 0.266 e. The van der Waals surface area contributed by atoms with E-state index in [0.717, 1.165) is 23.4 Å². The Balaban J connectivity index is 1.61. The lowest BCUT2D eigenvalue weighted by atomic mass is 10.1. The van der Waals surface area contributed by atoms with Crippen molar-refractivity contribution in [2.45, 2.75) is 19.9 Å². The molecule has 0 saturated carbocycles. The Morgan fingerprint density at radius 2 is 1.86 bits per heavy atom. The van der Waals surface area contributed by atoms with Gasteiger partial charge in [0.1, 0.15) is 18.0 Å². The van der Waals surface area contributed by atoms with Gasteiger partial charge in [-0.15, -0.1) is 0 Å². The molecule has 2 aromatic heterocycles. The summed E-state index contributed by atoms with van der Waals surface area (Å²) < 4.78 is 40.8. The van der Waals surface area contributed by atoms with Crippen LogP contribution in [-0.4, -0.2) is 19.7 Å². The first-order chi connectivity index (χ1) is 13.5. The first kappa shape index (κ1) is 18.0. The number of halogens is 3. The summed E-state index contributed by atoms with van der Waals surface area (Å²) in [7, 11) is 0. The molecule has 5 nitrogen and oxygen atoms in total. The van der Waals surface area contributed by atoms with Crippen molar-refractivity contribution in [1.82, 2.24) is 19.7 Å². The fourth-order valence-electron chi connectivity index (χ4n) is 2.87. The first-order valence-corrected chi connectivity index (χ1v) is 8.58. The molecule has 0 spiro atoms. The summed E-state index contributed by atoms with van der Waals surface area (Å²) in [6, 6.07) is 11.5. The molecule has 0 fully saturated rings. The standard InChI is InChI=1S/C20H16F3N5/c1-12-2-5-14(6-3-12)26-19-16-10-28(27-20(16)25-11-24-19)9-13-4-7-15(18(22)23)17(21)8-13/h2-8,10-11,18H,9H2,1H3,(H,24,25,26,27). The first-order valence-electron chi connectivity index (χ1n) is 8.58. The third kappa shape index (κ3) is 3.66. The number of alkyl halides is 2. The van der Waals surface area contributed by atoms with E-state index in [1.165, 1.54) is 12.4 Å². The summed E-state index contributed by atoms with van der Waals surface area (Å²) in [4.78, 5) is 8.43. The van der Waals surface area contributed by atoms with Crippen LogP contribution in [0.3, 0.4) is 0 Å². The Labute approximate surface area is 158 Å². The molecule has 4 aromatic rings. The van der Waals surface area contributed by atoms with E-state index in [1.807, 2.05) is 31.2 Å². The summed E-state index contributed by atoms with van der Waals surface area (Å²) in [5, 5.41) is 8.30. The second-order valence-electron chi connectivity index (χ2n) is 6.43. The second kappa shape index (κ2) is 7.30. The number of hydrogen-bond acceptors (Lipinski definition) is 4. The van der Waals surface area contributed by atoms with Crippen LogP contribution in [0.5, 0.6) is 0 Å². The van der Waals surface area contributed by atoms with Crippen molar-refractivity contribution < 1.29 is 13.2 Å². The highest BCUT2D eigenvalue weighted by Gasteiger charge is 2.14. The summed E-state index contributed by atoms with van der Waals surface area (Å²) in [5.41, 5.74) is 2.43. The average molecular weight is 383 g/mol.